The number of ether oxygens (including phenoxy) is 3. The molecule has 2 aromatic rings. The third-order valence-electron chi connectivity index (χ3n) is 3.54. The molecule has 0 radical (unpaired) electrons. The average Bonchev–Trinajstić information content (AvgIpc) is 2.68. The summed E-state index contributed by atoms with van der Waals surface area (Å²) in [5.74, 6) is 2.43. The van der Waals surface area contributed by atoms with Crippen LogP contribution in [0.2, 0.25) is 0 Å². The van der Waals surface area contributed by atoms with Crippen molar-refractivity contribution in [2.24, 2.45) is 5.10 Å². The summed E-state index contributed by atoms with van der Waals surface area (Å²) >= 11 is 5.02. The van der Waals surface area contributed by atoms with E-state index in [-0.39, 0.29) is 5.91 Å². The first kappa shape index (κ1) is 21.1. The highest BCUT2D eigenvalue weighted by atomic mass is 79.9. The quantitative estimate of drug-likeness (QED) is 0.462. The number of carbonyl (C=O) groups is 1. The second-order valence-electron chi connectivity index (χ2n) is 5.34. The Balaban J connectivity index is 1.89. The molecule has 0 atom stereocenters. The van der Waals surface area contributed by atoms with Crippen LogP contribution in [-0.2, 0) is 10.5 Å². The molecule has 0 unspecified atom stereocenters. The molecular formula is C19H21BrN2O4S. The van der Waals surface area contributed by atoms with Gasteiger partial charge in [-0.05, 0) is 23.8 Å². The van der Waals surface area contributed by atoms with Gasteiger partial charge in [-0.3, -0.25) is 4.79 Å². The van der Waals surface area contributed by atoms with Crippen LogP contribution in [0.3, 0.4) is 0 Å². The Morgan fingerprint density at radius 3 is 2.41 bits per heavy atom. The summed E-state index contributed by atoms with van der Waals surface area (Å²) in [6.07, 6.45) is 1.53. The maximum absolute atomic E-state index is 11.9. The minimum atomic E-state index is -0.171. The fraction of sp³-hybridized carbons (Fsp3) is 0.263. The minimum Gasteiger partial charge on any atom is -0.493 e. The summed E-state index contributed by atoms with van der Waals surface area (Å²) in [7, 11) is 4.63. The van der Waals surface area contributed by atoms with Gasteiger partial charge < -0.3 is 14.2 Å². The molecule has 0 aliphatic heterocycles. The van der Waals surface area contributed by atoms with Gasteiger partial charge in [-0.25, -0.2) is 5.43 Å². The third-order valence-corrected chi connectivity index (χ3v) is 5.29. The lowest BCUT2D eigenvalue weighted by Crippen LogP contribution is -2.19. The first-order chi connectivity index (χ1) is 13.1. The zero-order valence-electron chi connectivity index (χ0n) is 15.3. The van der Waals surface area contributed by atoms with Gasteiger partial charge in [0.1, 0.15) is 0 Å². The summed E-state index contributed by atoms with van der Waals surface area (Å²) in [6.45, 7) is 0. The molecule has 8 heteroatoms. The van der Waals surface area contributed by atoms with E-state index in [4.69, 9.17) is 14.2 Å². The van der Waals surface area contributed by atoms with Crippen molar-refractivity contribution >= 4 is 39.8 Å². The van der Waals surface area contributed by atoms with Crippen LogP contribution in [0.4, 0.5) is 0 Å². The van der Waals surface area contributed by atoms with Crippen LogP contribution in [0.25, 0.3) is 0 Å². The number of nitrogens with zero attached hydrogens (tertiary/aromatic N) is 1. The smallest absolute Gasteiger partial charge is 0.250 e. The van der Waals surface area contributed by atoms with Crippen LogP contribution < -0.4 is 19.6 Å². The molecule has 0 saturated carbocycles. The van der Waals surface area contributed by atoms with Crippen LogP contribution in [-0.4, -0.2) is 39.2 Å². The van der Waals surface area contributed by atoms with Gasteiger partial charge in [-0.2, -0.15) is 5.10 Å². The number of carbonyl (C=O) groups excluding carboxylic acids is 1. The van der Waals surface area contributed by atoms with Crippen LogP contribution in [0.5, 0.6) is 17.2 Å². The van der Waals surface area contributed by atoms with E-state index in [0.717, 1.165) is 15.8 Å². The maximum Gasteiger partial charge on any atom is 0.250 e. The number of hydrogen-bond donors (Lipinski definition) is 1. The lowest BCUT2D eigenvalue weighted by atomic mass is 10.2. The first-order valence-electron chi connectivity index (χ1n) is 8.02. The monoisotopic (exact) mass is 452 g/mol. The van der Waals surface area contributed by atoms with E-state index < -0.39 is 0 Å². The van der Waals surface area contributed by atoms with Crippen molar-refractivity contribution in [3.63, 3.8) is 0 Å². The van der Waals surface area contributed by atoms with Gasteiger partial charge in [-0.1, -0.05) is 34.1 Å². The van der Waals surface area contributed by atoms with Gasteiger partial charge in [0, 0.05) is 15.8 Å². The van der Waals surface area contributed by atoms with E-state index in [1.165, 1.54) is 18.0 Å². The summed E-state index contributed by atoms with van der Waals surface area (Å²) in [5, 5.41) is 3.99. The van der Waals surface area contributed by atoms with Crippen LogP contribution >= 0.6 is 27.7 Å². The highest BCUT2D eigenvalue weighted by Crippen LogP contribution is 2.37. The van der Waals surface area contributed by atoms with Gasteiger partial charge in [0.05, 0.1) is 33.3 Å². The van der Waals surface area contributed by atoms with Crippen LogP contribution in [0.15, 0.2) is 46.0 Å². The highest BCUT2D eigenvalue weighted by molar-refractivity contribution is 9.10. The number of nitrogens with one attached hydrogen (secondary N) is 1. The van der Waals surface area contributed by atoms with Gasteiger partial charge in [0.15, 0.2) is 11.5 Å². The van der Waals surface area contributed by atoms with Crippen molar-refractivity contribution < 1.29 is 19.0 Å². The molecule has 0 aromatic heterocycles. The van der Waals surface area contributed by atoms with E-state index in [1.807, 2.05) is 24.3 Å². The summed E-state index contributed by atoms with van der Waals surface area (Å²) in [4.78, 5) is 11.9. The van der Waals surface area contributed by atoms with E-state index in [2.05, 4.69) is 26.5 Å². The fourth-order valence-electron chi connectivity index (χ4n) is 2.26. The van der Waals surface area contributed by atoms with E-state index in [9.17, 15) is 4.79 Å². The first-order valence-corrected chi connectivity index (χ1v) is 9.96. The van der Waals surface area contributed by atoms with Crippen molar-refractivity contribution in [2.45, 2.75) is 5.75 Å². The van der Waals surface area contributed by atoms with Crippen LogP contribution in [0.1, 0.15) is 11.1 Å². The van der Waals surface area contributed by atoms with Crippen molar-refractivity contribution in [3.05, 3.63) is 52.0 Å². The Hall–Kier alpha value is -2.19. The molecule has 0 fully saturated rings. The Kier molecular flexibility index (Phi) is 8.47. The predicted octanol–water partition coefficient (Wildman–Crippen LogP) is 3.86. The standard InChI is InChI=1S/C19H21BrN2O4S/c1-24-16-8-13(9-17(25-2)19(16)26-3)10-21-22-18(23)12-27-11-14-6-4-5-7-15(14)20/h4-10H,11-12H2,1-3H3,(H,22,23). The number of benzene rings is 2. The molecule has 2 aromatic carbocycles. The second-order valence-corrected chi connectivity index (χ2v) is 7.18. The Labute approximate surface area is 171 Å². The third kappa shape index (κ3) is 6.18. The molecule has 0 aliphatic rings. The normalized spacial score (nSPS) is 10.7. The molecule has 0 bridgehead atoms. The zero-order valence-corrected chi connectivity index (χ0v) is 17.7. The van der Waals surface area contributed by atoms with E-state index >= 15 is 0 Å². The average molecular weight is 453 g/mol. The van der Waals surface area contributed by atoms with Crippen molar-refractivity contribution in [2.75, 3.05) is 27.1 Å². The molecule has 27 heavy (non-hydrogen) atoms. The molecule has 0 spiro atoms. The number of thioether (sulfide) groups is 1. The zero-order chi connectivity index (χ0) is 19.6. The number of amides is 1. The lowest BCUT2D eigenvalue weighted by Gasteiger charge is -2.12. The van der Waals surface area contributed by atoms with Gasteiger partial charge in [0.2, 0.25) is 11.7 Å². The molecule has 0 aliphatic carbocycles. The molecule has 0 heterocycles. The fourth-order valence-corrected chi connectivity index (χ4v) is 3.69. The van der Waals surface area contributed by atoms with Crippen molar-refractivity contribution in [1.82, 2.24) is 5.43 Å². The number of methoxy groups -OCH3 is 3. The van der Waals surface area contributed by atoms with E-state index in [1.54, 1.807) is 33.5 Å². The summed E-state index contributed by atoms with van der Waals surface area (Å²) in [6, 6.07) is 11.4. The number of halogens is 1. The van der Waals surface area contributed by atoms with Crippen LogP contribution in [0, 0.1) is 0 Å². The van der Waals surface area contributed by atoms with Gasteiger partial charge in [-0.15, -0.1) is 11.8 Å². The maximum atomic E-state index is 11.9. The molecule has 0 saturated heterocycles. The number of rotatable bonds is 9. The van der Waals surface area contributed by atoms with Crippen molar-refractivity contribution in [3.8, 4) is 17.2 Å². The molecule has 144 valence electrons. The highest BCUT2D eigenvalue weighted by Gasteiger charge is 2.12. The Bertz CT molecular complexity index is 789. The Morgan fingerprint density at radius 1 is 1.15 bits per heavy atom. The van der Waals surface area contributed by atoms with Crippen molar-refractivity contribution in [1.29, 1.82) is 0 Å². The lowest BCUT2D eigenvalue weighted by molar-refractivity contribution is -0.118. The largest absolute Gasteiger partial charge is 0.493 e. The molecule has 6 nitrogen and oxygen atoms in total. The predicted molar refractivity (Wildman–Crippen MR) is 112 cm³/mol. The summed E-state index contributed by atoms with van der Waals surface area (Å²) in [5.41, 5.74) is 4.38. The molecule has 1 N–H and O–H groups in total. The molecule has 2 rings (SSSR count). The molecular weight excluding hydrogens is 432 g/mol. The molecule has 1 amide bonds. The van der Waals surface area contributed by atoms with E-state index in [0.29, 0.717) is 28.6 Å². The Morgan fingerprint density at radius 2 is 1.81 bits per heavy atom. The number of hydrazone groups is 1. The summed E-state index contributed by atoms with van der Waals surface area (Å²) < 4.78 is 16.9. The topological polar surface area (TPSA) is 69.2 Å². The number of hydrogen-bond acceptors (Lipinski definition) is 6. The van der Waals surface area contributed by atoms with Gasteiger partial charge >= 0.3 is 0 Å². The minimum absolute atomic E-state index is 0.171. The SMILES string of the molecule is COc1cc(C=NNC(=O)CSCc2ccccc2Br)cc(OC)c1OC. The second kappa shape index (κ2) is 10.8. The van der Waals surface area contributed by atoms with Gasteiger partial charge in [0.25, 0.3) is 0 Å².